The number of hydrogen-bond acceptors (Lipinski definition) is 2. The van der Waals surface area contributed by atoms with Crippen molar-refractivity contribution in [3.05, 3.63) is 50.9 Å². The van der Waals surface area contributed by atoms with Crippen molar-refractivity contribution >= 4 is 22.6 Å². The molecule has 2 aromatic rings. The fourth-order valence-electron chi connectivity index (χ4n) is 2.22. The summed E-state index contributed by atoms with van der Waals surface area (Å²) in [7, 11) is 2.00. The monoisotopic (exact) mass is 369 g/mol. The van der Waals surface area contributed by atoms with E-state index >= 15 is 0 Å². The molecule has 0 aliphatic rings. The highest BCUT2D eigenvalue weighted by atomic mass is 127. The number of halogens is 1. The van der Waals surface area contributed by atoms with E-state index in [4.69, 9.17) is 0 Å². The van der Waals surface area contributed by atoms with Crippen LogP contribution in [0.25, 0.3) is 0 Å². The summed E-state index contributed by atoms with van der Waals surface area (Å²) in [5, 5.41) is 7.93. The molecule has 0 bridgehead atoms. The molecule has 1 aromatic heterocycles. The summed E-state index contributed by atoms with van der Waals surface area (Å²) >= 11 is 2.44. The molecule has 0 fully saturated rings. The second kappa shape index (κ2) is 6.52. The minimum atomic E-state index is 0.208. The van der Waals surface area contributed by atoms with Crippen molar-refractivity contribution in [1.82, 2.24) is 15.1 Å². The molecule has 0 radical (unpaired) electrons. The van der Waals surface area contributed by atoms with Crippen LogP contribution in [0, 0.1) is 10.5 Å². The van der Waals surface area contributed by atoms with Gasteiger partial charge in [0.05, 0.1) is 11.7 Å². The van der Waals surface area contributed by atoms with Gasteiger partial charge in [-0.1, -0.05) is 25.1 Å². The van der Waals surface area contributed by atoms with Crippen molar-refractivity contribution in [3.63, 3.8) is 0 Å². The van der Waals surface area contributed by atoms with Gasteiger partial charge < -0.3 is 5.32 Å². The third kappa shape index (κ3) is 3.17. The Bertz CT molecular complexity index is 548. The highest BCUT2D eigenvalue weighted by Gasteiger charge is 2.19. The Morgan fingerprint density at radius 1 is 1.37 bits per heavy atom. The van der Waals surface area contributed by atoms with Gasteiger partial charge in [-0.2, -0.15) is 5.10 Å². The third-order valence-electron chi connectivity index (χ3n) is 3.29. The third-order valence-corrected chi connectivity index (χ3v) is 4.76. The molecular weight excluding hydrogens is 349 g/mol. The fourth-order valence-corrected chi connectivity index (χ4v) is 2.89. The van der Waals surface area contributed by atoms with E-state index in [0.29, 0.717) is 0 Å². The van der Waals surface area contributed by atoms with Crippen molar-refractivity contribution in [1.29, 1.82) is 0 Å². The van der Waals surface area contributed by atoms with Gasteiger partial charge in [0.1, 0.15) is 0 Å². The van der Waals surface area contributed by atoms with E-state index in [9.17, 15) is 0 Å². The molecule has 1 heterocycles. The molecule has 4 heteroatoms. The molecular formula is C15H20IN3. The molecule has 102 valence electrons. The van der Waals surface area contributed by atoms with Crippen molar-refractivity contribution < 1.29 is 0 Å². The smallest absolute Gasteiger partial charge is 0.0758 e. The molecule has 0 saturated heterocycles. The standard InChI is InChI=1S/C15H20IN3/c1-4-9-17-15(13-8-10-18-19(13)3)12-7-5-6-11(2)14(12)16/h5-8,10,15,17H,4,9H2,1-3H3. The quantitative estimate of drug-likeness (QED) is 0.819. The van der Waals surface area contributed by atoms with Crippen LogP contribution >= 0.6 is 22.6 Å². The molecule has 0 spiro atoms. The summed E-state index contributed by atoms with van der Waals surface area (Å²) in [5.74, 6) is 0. The van der Waals surface area contributed by atoms with E-state index in [1.165, 1.54) is 20.4 Å². The SMILES string of the molecule is CCCNC(c1cccc(C)c1I)c1ccnn1C. The number of rotatable bonds is 5. The summed E-state index contributed by atoms with van der Waals surface area (Å²) in [6, 6.07) is 8.79. The van der Waals surface area contributed by atoms with Crippen LogP contribution in [-0.2, 0) is 7.05 Å². The first-order valence-electron chi connectivity index (χ1n) is 6.61. The molecule has 1 atom stereocenters. The lowest BCUT2D eigenvalue weighted by Crippen LogP contribution is -2.26. The molecule has 0 amide bonds. The maximum atomic E-state index is 4.30. The molecule has 0 aliphatic heterocycles. The summed E-state index contributed by atoms with van der Waals surface area (Å²) in [6.45, 7) is 5.35. The van der Waals surface area contributed by atoms with E-state index in [-0.39, 0.29) is 6.04 Å². The molecule has 0 saturated carbocycles. The van der Waals surface area contributed by atoms with Crippen molar-refractivity contribution in [2.45, 2.75) is 26.3 Å². The van der Waals surface area contributed by atoms with E-state index in [0.717, 1.165) is 13.0 Å². The zero-order valence-corrected chi connectivity index (χ0v) is 13.8. The van der Waals surface area contributed by atoms with Crippen LogP contribution in [0.4, 0.5) is 0 Å². The topological polar surface area (TPSA) is 29.9 Å². The summed E-state index contributed by atoms with van der Waals surface area (Å²) in [4.78, 5) is 0. The number of hydrogen-bond donors (Lipinski definition) is 1. The maximum absolute atomic E-state index is 4.30. The first-order chi connectivity index (χ1) is 9.15. The van der Waals surface area contributed by atoms with E-state index in [1.807, 2.05) is 17.9 Å². The van der Waals surface area contributed by atoms with E-state index in [2.05, 4.69) is 71.1 Å². The van der Waals surface area contributed by atoms with Crippen molar-refractivity contribution in [3.8, 4) is 0 Å². The van der Waals surface area contributed by atoms with Gasteiger partial charge in [0.2, 0.25) is 0 Å². The van der Waals surface area contributed by atoms with Gasteiger partial charge in [0.15, 0.2) is 0 Å². The van der Waals surface area contributed by atoms with Gasteiger partial charge in [-0.3, -0.25) is 4.68 Å². The second-order valence-corrected chi connectivity index (χ2v) is 5.82. The van der Waals surface area contributed by atoms with Gasteiger partial charge in [-0.25, -0.2) is 0 Å². The van der Waals surface area contributed by atoms with Crippen LogP contribution in [0.1, 0.15) is 36.2 Å². The predicted molar refractivity (Wildman–Crippen MR) is 87.2 cm³/mol. The van der Waals surface area contributed by atoms with Crippen molar-refractivity contribution in [2.75, 3.05) is 6.54 Å². The molecule has 0 aliphatic carbocycles. The zero-order valence-electron chi connectivity index (χ0n) is 11.7. The minimum Gasteiger partial charge on any atom is -0.305 e. The van der Waals surface area contributed by atoms with Crippen LogP contribution in [0.3, 0.4) is 0 Å². The fraction of sp³-hybridized carbons (Fsp3) is 0.400. The molecule has 1 N–H and O–H groups in total. The van der Waals surface area contributed by atoms with Crippen LogP contribution in [0.15, 0.2) is 30.5 Å². The number of aromatic nitrogens is 2. The molecule has 1 unspecified atom stereocenters. The molecule has 3 nitrogen and oxygen atoms in total. The van der Waals surface area contributed by atoms with Crippen LogP contribution in [0.5, 0.6) is 0 Å². The average molecular weight is 369 g/mol. The first kappa shape index (κ1) is 14.5. The molecule has 19 heavy (non-hydrogen) atoms. The van der Waals surface area contributed by atoms with E-state index in [1.54, 1.807) is 0 Å². The highest BCUT2D eigenvalue weighted by molar-refractivity contribution is 14.1. The largest absolute Gasteiger partial charge is 0.305 e. The zero-order chi connectivity index (χ0) is 13.8. The minimum absolute atomic E-state index is 0.208. The van der Waals surface area contributed by atoms with Gasteiger partial charge in [-0.15, -0.1) is 0 Å². The number of aryl methyl sites for hydroxylation is 2. The molecule has 2 rings (SSSR count). The Labute approximate surface area is 128 Å². The van der Waals surface area contributed by atoms with Gasteiger partial charge in [-0.05, 0) is 59.7 Å². The Balaban J connectivity index is 2.43. The lowest BCUT2D eigenvalue weighted by molar-refractivity contribution is 0.552. The first-order valence-corrected chi connectivity index (χ1v) is 7.69. The van der Waals surface area contributed by atoms with Crippen LogP contribution in [-0.4, -0.2) is 16.3 Å². The predicted octanol–water partition coefficient (Wildman–Crippen LogP) is 3.42. The summed E-state index contributed by atoms with van der Waals surface area (Å²) in [6.07, 6.45) is 2.98. The summed E-state index contributed by atoms with van der Waals surface area (Å²) in [5.41, 5.74) is 3.86. The highest BCUT2D eigenvalue weighted by Crippen LogP contribution is 2.27. The van der Waals surface area contributed by atoms with Crippen molar-refractivity contribution in [2.24, 2.45) is 7.05 Å². The number of nitrogens with zero attached hydrogens (tertiary/aromatic N) is 2. The van der Waals surface area contributed by atoms with Crippen LogP contribution in [0.2, 0.25) is 0 Å². The van der Waals surface area contributed by atoms with Gasteiger partial charge >= 0.3 is 0 Å². The Kier molecular flexibility index (Phi) is 4.99. The van der Waals surface area contributed by atoms with E-state index < -0.39 is 0 Å². The number of nitrogens with one attached hydrogen (secondary N) is 1. The average Bonchev–Trinajstić information content (AvgIpc) is 2.81. The Morgan fingerprint density at radius 2 is 2.16 bits per heavy atom. The summed E-state index contributed by atoms with van der Waals surface area (Å²) < 4.78 is 3.28. The van der Waals surface area contributed by atoms with Gasteiger partial charge in [0, 0.05) is 16.8 Å². The second-order valence-electron chi connectivity index (χ2n) is 4.74. The number of benzene rings is 1. The molecule has 1 aromatic carbocycles. The maximum Gasteiger partial charge on any atom is 0.0758 e. The van der Waals surface area contributed by atoms with Crippen LogP contribution < -0.4 is 5.32 Å². The lowest BCUT2D eigenvalue weighted by Gasteiger charge is -2.21. The van der Waals surface area contributed by atoms with Gasteiger partial charge in [0.25, 0.3) is 0 Å². The Morgan fingerprint density at radius 3 is 2.79 bits per heavy atom. The Hall–Kier alpha value is -0.880. The normalized spacial score (nSPS) is 12.6. The lowest BCUT2D eigenvalue weighted by atomic mass is 10.0.